The van der Waals surface area contributed by atoms with Crippen LogP contribution in [0.2, 0.25) is 0 Å². The molecule has 8 aromatic rings. The molecular weight excluding hydrogens is 560 g/mol. The number of benzene rings is 8. The number of fused-ring (bicyclic) bond motifs is 4. The van der Waals surface area contributed by atoms with Gasteiger partial charge in [-0.3, -0.25) is 0 Å². The highest BCUT2D eigenvalue weighted by atomic mass is 16.4. The van der Waals surface area contributed by atoms with Crippen molar-refractivity contribution in [2.75, 3.05) is 0 Å². The molecule has 0 saturated heterocycles. The highest BCUT2D eigenvalue weighted by Gasteiger charge is 2.26. The highest BCUT2D eigenvalue weighted by molar-refractivity contribution is 6.24. The first-order valence-corrected chi connectivity index (χ1v) is 14.6. The van der Waals surface area contributed by atoms with Crippen LogP contribution >= 0.6 is 0 Å². The van der Waals surface area contributed by atoms with Gasteiger partial charge in [-0.05, 0) is 83.0 Å². The molecule has 216 valence electrons. The molecule has 0 unspecified atom stereocenters. The van der Waals surface area contributed by atoms with E-state index in [4.69, 9.17) is 0 Å². The lowest BCUT2D eigenvalue weighted by molar-refractivity contribution is 0.330. The van der Waals surface area contributed by atoms with Crippen LogP contribution in [0.5, 0.6) is 28.7 Å². The van der Waals surface area contributed by atoms with Gasteiger partial charge >= 0.3 is 0 Å². The Morgan fingerprint density at radius 1 is 0.289 bits per heavy atom. The van der Waals surface area contributed by atoms with Crippen molar-refractivity contribution in [3.8, 4) is 62.1 Å². The lowest BCUT2D eigenvalue weighted by atomic mass is 9.83. The van der Waals surface area contributed by atoms with E-state index in [1.807, 2.05) is 54.6 Å². The van der Waals surface area contributed by atoms with Crippen molar-refractivity contribution in [1.82, 2.24) is 0 Å². The number of aromatic hydroxyl groups is 5. The molecule has 0 radical (unpaired) electrons. The Morgan fingerprint density at radius 2 is 0.800 bits per heavy atom. The molecule has 0 aromatic heterocycles. The first-order chi connectivity index (χ1) is 21.9. The summed E-state index contributed by atoms with van der Waals surface area (Å²) in [5, 5.41) is 60.8. The number of phenols is 5. The van der Waals surface area contributed by atoms with E-state index in [2.05, 4.69) is 66.7 Å². The summed E-state index contributed by atoms with van der Waals surface area (Å²) >= 11 is 0. The van der Waals surface area contributed by atoms with Crippen molar-refractivity contribution in [3.63, 3.8) is 0 Å². The molecule has 5 nitrogen and oxygen atoms in total. The summed E-state index contributed by atoms with van der Waals surface area (Å²) in [6.45, 7) is 0. The second-order valence-corrected chi connectivity index (χ2v) is 11.3. The molecule has 0 amide bonds. The molecule has 0 aliphatic rings. The molecule has 5 N–H and O–H groups in total. The van der Waals surface area contributed by atoms with Crippen LogP contribution in [0.15, 0.2) is 127 Å². The number of rotatable bonds is 3. The van der Waals surface area contributed by atoms with E-state index in [1.54, 1.807) is 6.07 Å². The van der Waals surface area contributed by atoms with Crippen molar-refractivity contribution < 1.29 is 25.5 Å². The number of phenolic OH excluding ortho intramolecular Hbond substituents is 5. The monoisotopic (exact) mass is 586 g/mol. The van der Waals surface area contributed by atoms with Gasteiger partial charge in [0, 0.05) is 0 Å². The first kappa shape index (κ1) is 26.4. The van der Waals surface area contributed by atoms with Gasteiger partial charge in [0.2, 0.25) is 17.2 Å². The Hall–Kier alpha value is -6.20. The van der Waals surface area contributed by atoms with E-state index in [0.717, 1.165) is 65.3 Å². The molecule has 8 aromatic carbocycles. The molecule has 45 heavy (non-hydrogen) atoms. The van der Waals surface area contributed by atoms with Gasteiger partial charge in [-0.25, -0.2) is 0 Å². The molecular formula is C40H26O5. The third-order valence-electron chi connectivity index (χ3n) is 8.78. The summed E-state index contributed by atoms with van der Waals surface area (Å²) in [4.78, 5) is 0. The highest BCUT2D eigenvalue weighted by Crippen LogP contribution is 2.55. The lowest BCUT2D eigenvalue weighted by Gasteiger charge is -2.20. The summed E-state index contributed by atoms with van der Waals surface area (Å²) in [5.41, 5.74) is 4.22. The van der Waals surface area contributed by atoms with Crippen LogP contribution in [0, 0.1) is 0 Å². The zero-order valence-corrected chi connectivity index (χ0v) is 23.9. The van der Waals surface area contributed by atoms with Gasteiger partial charge in [-0.1, -0.05) is 115 Å². The smallest absolute Gasteiger partial charge is 0.208 e. The Bertz CT molecular complexity index is 2460. The van der Waals surface area contributed by atoms with Crippen molar-refractivity contribution >= 4 is 43.1 Å². The SMILES string of the molecule is Oc1c(O)c(O)c(-c2ccc3c(-c4ccc5ccccc5c4)c4ccccc4c(-c4cccc5ccccc45)c3c2)c(O)c1O. The van der Waals surface area contributed by atoms with E-state index in [9.17, 15) is 25.5 Å². The molecule has 0 spiro atoms. The summed E-state index contributed by atoms with van der Waals surface area (Å²) in [7, 11) is 0. The molecule has 0 saturated carbocycles. The zero-order valence-electron chi connectivity index (χ0n) is 23.9. The molecule has 5 heteroatoms. The molecule has 0 atom stereocenters. The largest absolute Gasteiger partial charge is 0.504 e. The number of hydrogen-bond donors (Lipinski definition) is 5. The van der Waals surface area contributed by atoms with Crippen LogP contribution in [0.4, 0.5) is 0 Å². The summed E-state index contributed by atoms with van der Waals surface area (Å²) < 4.78 is 0. The summed E-state index contributed by atoms with van der Waals surface area (Å²) in [5.74, 6) is -4.28. The third kappa shape index (κ3) is 3.95. The molecule has 0 aliphatic heterocycles. The minimum atomic E-state index is -0.990. The van der Waals surface area contributed by atoms with E-state index >= 15 is 0 Å². The molecule has 0 heterocycles. The molecule has 0 aliphatic carbocycles. The van der Waals surface area contributed by atoms with Crippen molar-refractivity contribution in [2.45, 2.75) is 0 Å². The lowest BCUT2D eigenvalue weighted by Crippen LogP contribution is -1.93. The van der Waals surface area contributed by atoms with Gasteiger partial charge in [0.1, 0.15) is 0 Å². The van der Waals surface area contributed by atoms with Crippen molar-refractivity contribution in [1.29, 1.82) is 0 Å². The fraction of sp³-hybridized carbons (Fsp3) is 0. The second kappa shape index (κ2) is 9.93. The quantitative estimate of drug-likeness (QED) is 0.0806. The Morgan fingerprint density at radius 3 is 1.53 bits per heavy atom. The van der Waals surface area contributed by atoms with Gasteiger partial charge in [0.15, 0.2) is 11.5 Å². The Labute approximate surface area is 257 Å². The average Bonchev–Trinajstić information content (AvgIpc) is 3.08. The van der Waals surface area contributed by atoms with E-state index in [0.29, 0.717) is 5.56 Å². The second-order valence-electron chi connectivity index (χ2n) is 11.3. The maximum Gasteiger partial charge on any atom is 0.208 e. The van der Waals surface area contributed by atoms with Gasteiger partial charge in [0.05, 0.1) is 5.56 Å². The predicted octanol–water partition coefficient (Wildman–Crippen LogP) is 9.83. The van der Waals surface area contributed by atoms with Gasteiger partial charge in [-0.2, -0.15) is 0 Å². The molecule has 0 bridgehead atoms. The third-order valence-corrected chi connectivity index (χ3v) is 8.78. The van der Waals surface area contributed by atoms with Gasteiger partial charge in [0.25, 0.3) is 0 Å². The van der Waals surface area contributed by atoms with Crippen LogP contribution in [0.3, 0.4) is 0 Å². The van der Waals surface area contributed by atoms with E-state index in [1.165, 1.54) is 0 Å². The van der Waals surface area contributed by atoms with Crippen LogP contribution < -0.4 is 0 Å². The minimum absolute atomic E-state index is 0.186. The standard InChI is InChI=1S/C40H26O5/c41-36-34(37(42)39(44)40(45)38(36)43)26-18-19-31-32(21-26)35(28-15-7-11-23-9-3-4-12-27(23)28)30-14-6-5-13-29(30)33(31)25-17-16-22-8-1-2-10-24(22)20-25/h1-21,41-45H. The maximum atomic E-state index is 10.9. The zero-order chi connectivity index (χ0) is 30.8. The first-order valence-electron chi connectivity index (χ1n) is 14.6. The molecule has 8 rings (SSSR count). The maximum absolute atomic E-state index is 10.9. The summed E-state index contributed by atoms with van der Waals surface area (Å²) in [6.07, 6.45) is 0. The minimum Gasteiger partial charge on any atom is -0.504 e. The fourth-order valence-electron chi connectivity index (χ4n) is 6.68. The van der Waals surface area contributed by atoms with Crippen LogP contribution in [-0.4, -0.2) is 25.5 Å². The van der Waals surface area contributed by atoms with Crippen LogP contribution in [0.1, 0.15) is 0 Å². The van der Waals surface area contributed by atoms with E-state index in [-0.39, 0.29) is 5.56 Å². The van der Waals surface area contributed by atoms with Crippen molar-refractivity contribution in [3.05, 3.63) is 127 Å². The summed E-state index contributed by atoms with van der Waals surface area (Å²) in [6, 6.07) is 42.9. The topological polar surface area (TPSA) is 101 Å². The Kier molecular flexibility index (Phi) is 5.83. The van der Waals surface area contributed by atoms with Gasteiger partial charge < -0.3 is 25.5 Å². The Balaban J connectivity index is 1.56. The predicted molar refractivity (Wildman–Crippen MR) is 181 cm³/mol. The van der Waals surface area contributed by atoms with Gasteiger partial charge in [-0.15, -0.1) is 0 Å². The molecule has 0 fully saturated rings. The normalized spacial score (nSPS) is 11.6. The fourth-order valence-corrected chi connectivity index (χ4v) is 6.68. The number of hydrogen-bond acceptors (Lipinski definition) is 5. The van der Waals surface area contributed by atoms with E-state index < -0.39 is 28.7 Å². The average molecular weight is 587 g/mol. The van der Waals surface area contributed by atoms with Crippen LogP contribution in [0.25, 0.3) is 76.5 Å². The van der Waals surface area contributed by atoms with Crippen LogP contribution in [-0.2, 0) is 0 Å². The van der Waals surface area contributed by atoms with Crippen molar-refractivity contribution in [2.24, 2.45) is 0 Å².